The molecule has 2 aliphatic rings. The number of piperidine rings is 1. The molecule has 6 heteroatoms. The number of carbonyl (C=O) groups excluding carboxylic acids is 2. The SMILES string of the molecule is CCNCC1CCN(C(=O)CNC(=O)CCC2CCCC2)CC1.Cl. The maximum atomic E-state index is 12.2. The largest absolute Gasteiger partial charge is 0.347 e. The fraction of sp³-hybridized carbons (Fsp3) is 0.889. The normalized spacial score (nSPS) is 19.1. The highest BCUT2D eigenvalue weighted by Gasteiger charge is 2.22. The predicted octanol–water partition coefficient (Wildman–Crippen LogP) is 2.34. The van der Waals surface area contributed by atoms with Crippen LogP contribution in [0.15, 0.2) is 0 Å². The second-order valence-electron chi connectivity index (χ2n) is 7.10. The second-order valence-corrected chi connectivity index (χ2v) is 7.10. The first-order valence-corrected chi connectivity index (χ1v) is 9.44. The number of rotatable bonds is 8. The molecule has 0 radical (unpaired) electrons. The van der Waals surface area contributed by atoms with Crippen molar-refractivity contribution in [2.45, 2.75) is 58.3 Å². The summed E-state index contributed by atoms with van der Waals surface area (Å²) in [5.74, 6) is 1.51. The Balaban J connectivity index is 0.00000288. The standard InChI is InChI=1S/C18H33N3O2.ClH/c1-2-19-13-16-9-11-21(12-10-16)18(23)14-20-17(22)8-7-15-5-3-4-6-15;/h15-16,19H,2-14H2,1H3,(H,20,22);1H. The van der Waals surface area contributed by atoms with Gasteiger partial charge < -0.3 is 15.5 Å². The number of nitrogens with zero attached hydrogens (tertiary/aromatic N) is 1. The molecule has 0 aromatic rings. The van der Waals surface area contributed by atoms with E-state index in [2.05, 4.69) is 17.6 Å². The highest BCUT2D eigenvalue weighted by atomic mass is 35.5. The molecule has 5 nitrogen and oxygen atoms in total. The van der Waals surface area contributed by atoms with Gasteiger partial charge in [-0.15, -0.1) is 12.4 Å². The first-order chi connectivity index (χ1) is 11.2. The maximum absolute atomic E-state index is 12.2. The highest BCUT2D eigenvalue weighted by molar-refractivity contribution is 5.85. The van der Waals surface area contributed by atoms with E-state index in [1.54, 1.807) is 0 Å². The van der Waals surface area contributed by atoms with Gasteiger partial charge in [0, 0.05) is 19.5 Å². The Morgan fingerprint density at radius 1 is 1.04 bits per heavy atom. The molecule has 0 unspecified atom stereocenters. The summed E-state index contributed by atoms with van der Waals surface area (Å²) in [6, 6.07) is 0. The molecule has 0 spiro atoms. The zero-order chi connectivity index (χ0) is 16.5. The molecule has 1 aliphatic carbocycles. The first kappa shape index (κ1) is 21.2. The van der Waals surface area contributed by atoms with Crippen LogP contribution < -0.4 is 10.6 Å². The predicted molar refractivity (Wildman–Crippen MR) is 99.3 cm³/mol. The molecule has 1 saturated heterocycles. The molecule has 2 N–H and O–H groups in total. The van der Waals surface area contributed by atoms with Crippen molar-refractivity contribution in [2.24, 2.45) is 11.8 Å². The van der Waals surface area contributed by atoms with Crippen molar-refractivity contribution >= 4 is 24.2 Å². The minimum absolute atomic E-state index is 0. The molecule has 1 heterocycles. The third-order valence-corrected chi connectivity index (χ3v) is 5.34. The quantitative estimate of drug-likeness (QED) is 0.699. The van der Waals surface area contributed by atoms with E-state index in [-0.39, 0.29) is 30.8 Å². The van der Waals surface area contributed by atoms with Crippen LogP contribution in [0.2, 0.25) is 0 Å². The van der Waals surface area contributed by atoms with Gasteiger partial charge in [0.25, 0.3) is 0 Å². The van der Waals surface area contributed by atoms with Crippen LogP contribution in [0.4, 0.5) is 0 Å². The highest BCUT2D eigenvalue weighted by Crippen LogP contribution is 2.28. The topological polar surface area (TPSA) is 61.4 Å². The molecule has 140 valence electrons. The van der Waals surface area contributed by atoms with Crippen molar-refractivity contribution in [3.05, 3.63) is 0 Å². The third-order valence-electron chi connectivity index (χ3n) is 5.34. The summed E-state index contributed by atoms with van der Waals surface area (Å²) in [6.45, 7) is 6.00. The minimum Gasteiger partial charge on any atom is -0.347 e. The molecular weight excluding hydrogens is 326 g/mol. The van der Waals surface area contributed by atoms with Gasteiger partial charge >= 0.3 is 0 Å². The Labute approximate surface area is 152 Å². The number of likely N-dealkylation sites (tertiary alicyclic amines) is 1. The summed E-state index contributed by atoms with van der Waals surface area (Å²) in [7, 11) is 0. The molecule has 0 bridgehead atoms. The lowest BCUT2D eigenvalue weighted by Crippen LogP contribution is -2.45. The Bertz CT molecular complexity index is 378. The smallest absolute Gasteiger partial charge is 0.241 e. The van der Waals surface area contributed by atoms with E-state index in [1.165, 1.54) is 25.7 Å². The molecule has 0 aromatic carbocycles. The van der Waals surface area contributed by atoms with Gasteiger partial charge in [-0.3, -0.25) is 9.59 Å². The Morgan fingerprint density at radius 3 is 2.33 bits per heavy atom. The van der Waals surface area contributed by atoms with E-state index in [0.717, 1.165) is 51.4 Å². The molecule has 2 amide bonds. The lowest BCUT2D eigenvalue weighted by molar-refractivity contribution is -0.134. The average molecular weight is 360 g/mol. The lowest BCUT2D eigenvalue weighted by atomic mass is 9.97. The van der Waals surface area contributed by atoms with Crippen molar-refractivity contribution in [3.8, 4) is 0 Å². The van der Waals surface area contributed by atoms with Gasteiger partial charge in [0.15, 0.2) is 0 Å². The maximum Gasteiger partial charge on any atom is 0.241 e. The summed E-state index contributed by atoms with van der Waals surface area (Å²) < 4.78 is 0. The molecule has 1 aliphatic heterocycles. The minimum atomic E-state index is 0. The van der Waals surface area contributed by atoms with Gasteiger partial charge in [-0.25, -0.2) is 0 Å². The van der Waals surface area contributed by atoms with Gasteiger partial charge in [0.05, 0.1) is 6.54 Å². The third kappa shape index (κ3) is 7.39. The average Bonchev–Trinajstić information content (AvgIpc) is 3.10. The summed E-state index contributed by atoms with van der Waals surface area (Å²) in [5, 5.41) is 6.19. The molecule has 2 rings (SSSR count). The van der Waals surface area contributed by atoms with E-state index in [4.69, 9.17) is 0 Å². The van der Waals surface area contributed by atoms with Crippen LogP contribution in [0.25, 0.3) is 0 Å². The fourth-order valence-corrected chi connectivity index (χ4v) is 3.74. The number of nitrogens with one attached hydrogen (secondary N) is 2. The lowest BCUT2D eigenvalue weighted by Gasteiger charge is -2.32. The summed E-state index contributed by atoms with van der Waals surface area (Å²) in [6.07, 6.45) is 8.85. The summed E-state index contributed by atoms with van der Waals surface area (Å²) >= 11 is 0. The Kier molecular flexibility index (Phi) is 10.3. The second kappa shape index (κ2) is 11.7. The van der Waals surface area contributed by atoms with Crippen LogP contribution in [0.3, 0.4) is 0 Å². The van der Waals surface area contributed by atoms with Gasteiger partial charge in [-0.1, -0.05) is 32.6 Å². The van der Waals surface area contributed by atoms with Crippen molar-refractivity contribution in [3.63, 3.8) is 0 Å². The van der Waals surface area contributed by atoms with Crippen LogP contribution in [0.5, 0.6) is 0 Å². The molecule has 1 saturated carbocycles. The van der Waals surface area contributed by atoms with Crippen LogP contribution in [0.1, 0.15) is 58.3 Å². The van der Waals surface area contributed by atoms with Crippen molar-refractivity contribution in [1.29, 1.82) is 0 Å². The number of amides is 2. The molecule has 0 atom stereocenters. The Hall–Kier alpha value is -0.810. The number of hydrogen-bond donors (Lipinski definition) is 2. The van der Waals surface area contributed by atoms with Crippen LogP contribution in [-0.4, -0.2) is 49.4 Å². The van der Waals surface area contributed by atoms with Crippen molar-refractivity contribution in [2.75, 3.05) is 32.7 Å². The van der Waals surface area contributed by atoms with E-state index < -0.39 is 0 Å². The molecule has 24 heavy (non-hydrogen) atoms. The number of halogens is 1. The van der Waals surface area contributed by atoms with Crippen molar-refractivity contribution in [1.82, 2.24) is 15.5 Å². The van der Waals surface area contributed by atoms with E-state index in [9.17, 15) is 9.59 Å². The number of carbonyl (C=O) groups is 2. The molecule has 2 fully saturated rings. The van der Waals surface area contributed by atoms with Gasteiger partial charge in [0.2, 0.25) is 11.8 Å². The monoisotopic (exact) mass is 359 g/mol. The zero-order valence-corrected chi connectivity index (χ0v) is 15.8. The number of hydrogen-bond acceptors (Lipinski definition) is 3. The van der Waals surface area contributed by atoms with Gasteiger partial charge in [-0.05, 0) is 44.2 Å². The molecule has 0 aromatic heterocycles. The van der Waals surface area contributed by atoms with Crippen LogP contribution >= 0.6 is 12.4 Å². The molecular formula is C18H34ClN3O2. The van der Waals surface area contributed by atoms with Crippen LogP contribution in [-0.2, 0) is 9.59 Å². The fourth-order valence-electron chi connectivity index (χ4n) is 3.74. The Morgan fingerprint density at radius 2 is 1.71 bits per heavy atom. The zero-order valence-electron chi connectivity index (χ0n) is 15.0. The van der Waals surface area contributed by atoms with Gasteiger partial charge in [-0.2, -0.15) is 0 Å². The first-order valence-electron chi connectivity index (χ1n) is 9.44. The summed E-state index contributed by atoms with van der Waals surface area (Å²) in [5.41, 5.74) is 0. The van der Waals surface area contributed by atoms with E-state index in [1.807, 2.05) is 4.90 Å². The van der Waals surface area contributed by atoms with Crippen molar-refractivity contribution < 1.29 is 9.59 Å². The summed E-state index contributed by atoms with van der Waals surface area (Å²) in [4.78, 5) is 25.9. The van der Waals surface area contributed by atoms with Gasteiger partial charge in [0.1, 0.15) is 0 Å². The van der Waals surface area contributed by atoms with E-state index in [0.29, 0.717) is 12.3 Å². The van der Waals surface area contributed by atoms with Crippen LogP contribution in [0, 0.1) is 11.8 Å². The van der Waals surface area contributed by atoms with E-state index >= 15 is 0 Å².